The summed E-state index contributed by atoms with van der Waals surface area (Å²) in [6.07, 6.45) is 0. The molecule has 28 heavy (non-hydrogen) atoms. The predicted octanol–water partition coefficient (Wildman–Crippen LogP) is 3.44. The highest BCUT2D eigenvalue weighted by Crippen LogP contribution is 2.23. The fourth-order valence-corrected chi connectivity index (χ4v) is 4.22. The number of rotatable bonds is 4. The molecule has 3 rings (SSSR count). The van der Waals surface area contributed by atoms with Gasteiger partial charge in [-0.25, -0.2) is 0 Å². The molecule has 144 valence electrons. The summed E-state index contributed by atoms with van der Waals surface area (Å²) in [6.45, 7) is 5.39. The van der Waals surface area contributed by atoms with Crippen LogP contribution in [0.5, 0.6) is 0 Å². The van der Waals surface area contributed by atoms with Gasteiger partial charge in [-0.05, 0) is 50.1 Å². The van der Waals surface area contributed by atoms with Crippen LogP contribution in [0.2, 0.25) is 0 Å². The number of nitrogens with zero attached hydrogens (tertiary/aromatic N) is 2. The van der Waals surface area contributed by atoms with Gasteiger partial charge in [-0.1, -0.05) is 29.5 Å². The largest absolute Gasteiger partial charge is 0.468 e. The molecular weight excluding hydrogens is 376 g/mol. The Kier molecular flexibility index (Phi) is 5.56. The quantitative estimate of drug-likeness (QED) is 0.500. The number of aryl methyl sites for hydroxylation is 2. The Bertz CT molecular complexity index is 1150. The van der Waals surface area contributed by atoms with Gasteiger partial charge >= 0.3 is 5.97 Å². The second kappa shape index (κ2) is 7.90. The maximum absolute atomic E-state index is 12.7. The van der Waals surface area contributed by atoms with Crippen LogP contribution in [0.15, 0.2) is 41.4 Å². The van der Waals surface area contributed by atoms with Gasteiger partial charge in [0.05, 0.1) is 17.3 Å². The number of carbonyl (C=O) groups excluding carboxylic acids is 3. The second-order valence-corrected chi connectivity index (χ2v) is 7.54. The summed E-state index contributed by atoms with van der Waals surface area (Å²) in [5.74, 6) is -0.920. The maximum Gasteiger partial charge on any atom is 0.325 e. The molecule has 6 nitrogen and oxygen atoms in total. The summed E-state index contributed by atoms with van der Waals surface area (Å²) < 4.78 is 7.46. The highest BCUT2D eigenvalue weighted by Gasteiger charge is 2.15. The van der Waals surface area contributed by atoms with Crippen molar-refractivity contribution in [2.45, 2.75) is 27.3 Å². The van der Waals surface area contributed by atoms with E-state index >= 15 is 0 Å². The van der Waals surface area contributed by atoms with Crippen LogP contribution in [0.25, 0.3) is 10.2 Å². The number of Topliss-reactive ketones (excluding diaryl/α,β-unsaturated/α-hetero) is 1. The number of fused-ring (bicyclic) bond motifs is 1. The zero-order chi connectivity index (χ0) is 20.4. The highest BCUT2D eigenvalue weighted by molar-refractivity contribution is 7.16. The number of thiazole rings is 1. The molecule has 0 bridgehead atoms. The maximum atomic E-state index is 12.7. The molecule has 0 unspecified atom stereocenters. The number of ether oxygens (including phenoxy) is 1. The van der Waals surface area contributed by atoms with Crippen LogP contribution in [0.4, 0.5) is 0 Å². The fraction of sp³-hybridized carbons (Fsp3) is 0.238. The number of methoxy groups -OCH3 is 1. The summed E-state index contributed by atoms with van der Waals surface area (Å²) in [5.41, 5.74) is 3.86. The zero-order valence-corrected chi connectivity index (χ0v) is 16.9. The monoisotopic (exact) mass is 396 g/mol. The average molecular weight is 396 g/mol. The second-order valence-electron chi connectivity index (χ2n) is 6.53. The van der Waals surface area contributed by atoms with Gasteiger partial charge in [0.1, 0.15) is 6.54 Å². The van der Waals surface area contributed by atoms with Crippen LogP contribution in [0, 0.1) is 13.8 Å². The van der Waals surface area contributed by atoms with Crippen LogP contribution in [-0.4, -0.2) is 29.3 Å². The van der Waals surface area contributed by atoms with E-state index in [1.54, 1.807) is 28.8 Å². The Morgan fingerprint density at radius 1 is 1.07 bits per heavy atom. The molecule has 0 saturated heterocycles. The first-order valence-electron chi connectivity index (χ1n) is 8.67. The van der Waals surface area contributed by atoms with Crippen LogP contribution in [-0.2, 0) is 16.1 Å². The van der Waals surface area contributed by atoms with E-state index in [0.29, 0.717) is 15.9 Å². The third-order valence-corrected chi connectivity index (χ3v) is 5.39. The molecule has 1 aromatic heterocycles. The van der Waals surface area contributed by atoms with E-state index in [9.17, 15) is 14.4 Å². The van der Waals surface area contributed by atoms with Crippen LogP contribution in [0.1, 0.15) is 38.8 Å². The minimum Gasteiger partial charge on any atom is -0.468 e. The SMILES string of the molecule is COC(=O)Cn1c(=NC(=O)c2ccc(C(C)=O)cc2)sc2cc(C)cc(C)c21. The van der Waals surface area contributed by atoms with Crippen molar-refractivity contribution in [3.63, 3.8) is 0 Å². The molecule has 0 aliphatic heterocycles. The molecule has 0 atom stereocenters. The van der Waals surface area contributed by atoms with E-state index in [1.807, 2.05) is 26.0 Å². The predicted molar refractivity (Wildman–Crippen MR) is 108 cm³/mol. The van der Waals surface area contributed by atoms with E-state index < -0.39 is 11.9 Å². The molecule has 0 aliphatic carbocycles. The van der Waals surface area contributed by atoms with Crippen molar-refractivity contribution in [1.82, 2.24) is 4.57 Å². The number of aromatic nitrogens is 1. The number of amides is 1. The van der Waals surface area contributed by atoms with Gasteiger partial charge < -0.3 is 9.30 Å². The molecule has 1 amide bonds. The Morgan fingerprint density at radius 2 is 1.71 bits per heavy atom. The molecule has 2 aromatic carbocycles. The normalized spacial score (nSPS) is 11.6. The molecule has 0 spiro atoms. The van der Waals surface area contributed by atoms with Crippen LogP contribution < -0.4 is 4.80 Å². The lowest BCUT2D eigenvalue weighted by Gasteiger charge is -2.06. The van der Waals surface area contributed by atoms with Crippen molar-refractivity contribution in [2.75, 3.05) is 7.11 Å². The van der Waals surface area contributed by atoms with Crippen molar-refractivity contribution in [3.05, 3.63) is 63.5 Å². The fourth-order valence-electron chi connectivity index (χ4n) is 3.02. The van der Waals surface area contributed by atoms with Crippen LogP contribution >= 0.6 is 11.3 Å². The van der Waals surface area contributed by atoms with Crippen molar-refractivity contribution >= 4 is 39.2 Å². The third-order valence-electron chi connectivity index (χ3n) is 4.36. The minimum absolute atomic E-state index is 0.0320. The van der Waals surface area contributed by atoms with Crippen molar-refractivity contribution in [1.29, 1.82) is 0 Å². The van der Waals surface area contributed by atoms with Gasteiger partial charge in [-0.15, -0.1) is 0 Å². The average Bonchev–Trinajstić information content (AvgIpc) is 2.98. The molecule has 0 saturated carbocycles. The molecule has 0 aliphatic rings. The van der Waals surface area contributed by atoms with Crippen molar-refractivity contribution < 1.29 is 19.1 Å². The van der Waals surface area contributed by atoms with Gasteiger partial charge in [-0.2, -0.15) is 4.99 Å². The lowest BCUT2D eigenvalue weighted by Crippen LogP contribution is -2.22. The van der Waals surface area contributed by atoms with Gasteiger partial charge in [0.2, 0.25) is 0 Å². The third kappa shape index (κ3) is 3.94. The Hall–Kier alpha value is -3.06. The number of benzene rings is 2. The summed E-state index contributed by atoms with van der Waals surface area (Å²) in [5, 5.41) is 0. The van der Waals surface area contributed by atoms with Gasteiger partial charge in [0.15, 0.2) is 10.6 Å². The standard InChI is InChI=1S/C21H20N2O4S/c1-12-9-13(2)19-17(10-12)28-21(23(19)11-18(25)27-4)22-20(26)16-7-5-15(6-8-16)14(3)24/h5-10H,11H2,1-4H3. The topological polar surface area (TPSA) is 77.7 Å². The molecule has 0 radical (unpaired) electrons. The summed E-state index contributed by atoms with van der Waals surface area (Å²) in [6, 6.07) is 10.4. The first kappa shape index (κ1) is 19.7. The number of carbonyl (C=O) groups is 3. The Labute approximate surface area is 166 Å². The Balaban J connectivity index is 2.13. The Morgan fingerprint density at radius 3 is 2.32 bits per heavy atom. The minimum atomic E-state index is -0.436. The number of esters is 1. The van der Waals surface area contributed by atoms with Crippen molar-refractivity contribution in [3.8, 4) is 0 Å². The number of ketones is 1. The lowest BCUT2D eigenvalue weighted by atomic mass is 10.1. The molecule has 0 fully saturated rings. The van der Waals surface area contributed by atoms with E-state index in [1.165, 1.54) is 25.4 Å². The number of hydrogen-bond donors (Lipinski definition) is 0. The van der Waals surface area contributed by atoms with Crippen molar-refractivity contribution in [2.24, 2.45) is 4.99 Å². The molecule has 1 heterocycles. The lowest BCUT2D eigenvalue weighted by molar-refractivity contribution is -0.141. The van der Waals surface area contributed by atoms with Gasteiger partial charge in [0.25, 0.3) is 5.91 Å². The van der Waals surface area contributed by atoms with Gasteiger partial charge in [-0.3, -0.25) is 14.4 Å². The van der Waals surface area contributed by atoms with Gasteiger partial charge in [0, 0.05) is 11.1 Å². The van der Waals surface area contributed by atoms with E-state index in [2.05, 4.69) is 4.99 Å². The summed E-state index contributed by atoms with van der Waals surface area (Å²) in [4.78, 5) is 40.6. The molecule has 3 aromatic rings. The van der Waals surface area contributed by atoms with E-state index in [4.69, 9.17) is 4.74 Å². The molecule has 7 heteroatoms. The number of hydrogen-bond acceptors (Lipinski definition) is 5. The first-order chi connectivity index (χ1) is 13.3. The molecular formula is C21H20N2O4S. The highest BCUT2D eigenvalue weighted by atomic mass is 32.1. The first-order valence-corrected chi connectivity index (χ1v) is 9.49. The summed E-state index contributed by atoms with van der Waals surface area (Å²) >= 11 is 1.35. The summed E-state index contributed by atoms with van der Waals surface area (Å²) in [7, 11) is 1.33. The zero-order valence-electron chi connectivity index (χ0n) is 16.1. The van der Waals surface area contributed by atoms with E-state index in [0.717, 1.165) is 21.3 Å². The molecule has 0 N–H and O–H groups in total. The smallest absolute Gasteiger partial charge is 0.325 e. The van der Waals surface area contributed by atoms with E-state index in [-0.39, 0.29) is 12.3 Å². The van der Waals surface area contributed by atoms with Crippen LogP contribution in [0.3, 0.4) is 0 Å².